The van der Waals surface area contributed by atoms with Gasteiger partial charge in [-0.05, 0) is 57.4 Å². The monoisotopic (exact) mass is 456 g/mol. The summed E-state index contributed by atoms with van der Waals surface area (Å²) in [5.74, 6) is 0. The van der Waals surface area contributed by atoms with Crippen LogP contribution < -0.4 is 0 Å². The van der Waals surface area contributed by atoms with E-state index in [9.17, 15) is 9.59 Å². The van der Waals surface area contributed by atoms with Gasteiger partial charge in [-0.25, -0.2) is 9.59 Å². The van der Waals surface area contributed by atoms with Gasteiger partial charge in [0.25, 0.3) is 0 Å². The quantitative estimate of drug-likeness (QED) is 0.427. The van der Waals surface area contributed by atoms with Crippen LogP contribution in [0.3, 0.4) is 0 Å². The number of rotatable bonds is 9. The minimum absolute atomic E-state index is 0.0583. The molecule has 182 valence electrons. The van der Waals surface area contributed by atoms with Crippen molar-refractivity contribution in [3.63, 3.8) is 0 Å². The summed E-state index contributed by atoms with van der Waals surface area (Å²) in [5, 5.41) is 0. The van der Waals surface area contributed by atoms with Gasteiger partial charge in [-0.15, -0.1) is 6.58 Å². The molecule has 0 N–H and O–H groups in total. The van der Waals surface area contributed by atoms with E-state index < -0.39 is 5.60 Å². The zero-order valence-electron chi connectivity index (χ0n) is 20.9. The first kappa shape index (κ1) is 25.1. The van der Waals surface area contributed by atoms with Crippen molar-refractivity contribution in [2.45, 2.75) is 78.6 Å². The minimum atomic E-state index is -0.514. The van der Waals surface area contributed by atoms with Crippen molar-refractivity contribution in [3.8, 4) is 0 Å². The van der Waals surface area contributed by atoms with Gasteiger partial charge in [0.1, 0.15) is 12.2 Å². The summed E-state index contributed by atoms with van der Waals surface area (Å²) in [6, 6.07) is 9.87. The maximum atomic E-state index is 13.2. The van der Waals surface area contributed by atoms with Crippen LogP contribution in [0.25, 0.3) is 0 Å². The maximum absolute atomic E-state index is 13.2. The van der Waals surface area contributed by atoms with E-state index in [4.69, 9.17) is 9.47 Å². The topological polar surface area (TPSA) is 59.1 Å². The number of amides is 2. The van der Waals surface area contributed by atoms with Crippen LogP contribution in [0.15, 0.2) is 43.0 Å². The molecular weight excluding hydrogens is 416 g/mol. The third-order valence-electron chi connectivity index (χ3n) is 6.61. The van der Waals surface area contributed by atoms with Gasteiger partial charge in [-0.1, -0.05) is 50.3 Å². The van der Waals surface area contributed by atoms with Crippen LogP contribution in [-0.4, -0.2) is 53.3 Å². The first-order chi connectivity index (χ1) is 15.4. The second kappa shape index (κ2) is 9.78. The van der Waals surface area contributed by atoms with Crippen LogP contribution in [0.2, 0.25) is 0 Å². The number of fused-ring (bicyclic) bond motifs is 1. The van der Waals surface area contributed by atoms with E-state index in [1.807, 2.05) is 67.0 Å². The van der Waals surface area contributed by atoms with E-state index >= 15 is 0 Å². The smallest absolute Gasteiger partial charge is 0.410 e. The fraction of sp³-hybridized carbons (Fsp3) is 0.630. The number of hydrogen-bond acceptors (Lipinski definition) is 4. The zero-order chi connectivity index (χ0) is 24.3. The lowest BCUT2D eigenvalue weighted by atomic mass is 9.86. The lowest BCUT2D eigenvalue weighted by molar-refractivity contribution is 0.0261. The third-order valence-corrected chi connectivity index (χ3v) is 6.61. The molecule has 0 aromatic heterocycles. The van der Waals surface area contributed by atoms with Crippen molar-refractivity contribution in [1.29, 1.82) is 0 Å². The molecule has 1 heterocycles. The molecule has 0 bridgehead atoms. The van der Waals surface area contributed by atoms with Crippen molar-refractivity contribution in [2.24, 2.45) is 10.8 Å². The molecule has 6 heteroatoms. The Labute approximate surface area is 198 Å². The molecule has 1 aliphatic carbocycles. The van der Waals surface area contributed by atoms with E-state index in [-0.39, 0.29) is 35.7 Å². The van der Waals surface area contributed by atoms with Crippen LogP contribution >= 0.6 is 0 Å². The Morgan fingerprint density at radius 1 is 1.21 bits per heavy atom. The Hall–Kier alpha value is -2.50. The predicted octanol–water partition coefficient (Wildman–Crippen LogP) is 6.02. The molecule has 2 amide bonds. The summed E-state index contributed by atoms with van der Waals surface area (Å²) in [6.45, 7) is 16.0. The lowest BCUT2D eigenvalue weighted by Crippen LogP contribution is -2.43. The molecule has 2 atom stereocenters. The Bertz CT molecular complexity index is 845. The fourth-order valence-corrected chi connectivity index (χ4v) is 4.79. The second-order valence-electron chi connectivity index (χ2n) is 11.4. The van der Waals surface area contributed by atoms with Gasteiger partial charge in [0, 0.05) is 31.1 Å². The Kier molecular flexibility index (Phi) is 7.45. The SMILES string of the molecule is C=CCCC(C)(C)CN(C[C@]12CCN(C(=O)OC(C)(C)C)[C@@H]1C2)C(=O)OCc1ccccc1. The highest BCUT2D eigenvalue weighted by atomic mass is 16.6. The fourth-order valence-electron chi connectivity index (χ4n) is 4.79. The summed E-state index contributed by atoms with van der Waals surface area (Å²) >= 11 is 0. The summed E-state index contributed by atoms with van der Waals surface area (Å²) in [4.78, 5) is 29.6. The third kappa shape index (κ3) is 6.75. The number of nitrogens with zero attached hydrogens (tertiary/aromatic N) is 2. The number of allylic oxidation sites excluding steroid dienone is 1. The van der Waals surface area contributed by atoms with Crippen molar-refractivity contribution >= 4 is 12.2 Å². The van der Waals surface area contributed by atoms with E-state index in [1.165, 1.54) is 0 Å². The van der Waals surface area contributed by atoms with E-state index in [1.54, 1.807) is 0 Å². The Morgan fingerprint density at radius 3 is 2.52 bits per heavy atom. The Balaban J connectivity index is 1.67. The van der Waals surface area contributed by atoms with Crippen LogP contribution in [0.5, 0.6) is 0 Å². The molecule has 1 saturated carbocycles. The average Bonchev–Trinajstić information content (AvgIpc) is 3.32. The number of ether oxygens (including phenoxy) is 2. The number of carbonyl (C=O) groups is 2. The van der Waals surface area contributed by atoms with E-state index in [2.05, 4.69) is 20.4 Å². The first-order valence-corrected chi connectivity index (χ1v) is 12.0. The number of hydrogen-bond donors (Lipinski definition) is 0. The van der Waals surface area contributed by atoms with Gasteiger partial charge in [0.05, 0.1) is 0 Å². The number of carbonyl (C=O) groups excluding carboxylic acids is 2. The maximum Gasteiger partial charge on any atom is 0.410 e. The van der Waals surface area contributed by atoms with Crippen LogP contribution in [0.4, 0.5) is 9.59 Å². The highest BCUT2D eigenvalue weighted by molar-refractivity contribution is 5.71. The molecule has 6 nitrogen and oxygen atoms in total. The molecule has 3 rings (SSSR count). The number of benzene rings is 1. The molecule has 1 aliphatic heterocycles. The molecule has 1 aromatic carbocycles. The summed E-state index contributed by atoms with van der Waals surface area (Å²) < 4.78 is 11.3. The molecule has 0 radical (unpaired) electrons. The van der Waals surface area contributed by atoms with Gasteiger partial charge in [-0.2, -0.15) is 0 Å². The highest BCUT2D eigenvalue weighted by Crippen LogP contribution is 2.58. The largest absolute Gasteiger partial charge is 0.445 e. The molecule has 2 aliphatic rings. The minimum Gasteiger partial charge on any atom is -0.445 e. The van der Waals surface area contributed by atoms with Crippen LogP contribution in [0, 0.1) is 10.8 Å². The Morgan fingerprint density at radius 2 is 1.91 bits per heavy atom. The molecular formula is C27H40N2O4. The van der Waals surface area contributed by atoms with Crippen LogP contribution in [0.1, 0.15) is 65.9 Å². The molecule has 1 aromatic rings. The van der Waals surface area contributed by atoms with Crippen molar-refractivity contribution < 1.29 is 19.1 Å². The molecule has 2 fully saturated rings. The summed E-state index contributed by atoms with van der Waals surface area (Å²) in [5.41, 5.74) is 0.331. The van der Waals surface area contributed by atoms with Gasteiger partial charge in [-0.3, -0.25) is 0 Å². The molecule has 33 heavy (non-hydrogen) atoms. The summed E-state index contributed by atoms with van der Waals surface area (Å²) in [6.07, 6.45) is 5.01. The van der Waals surface area contributed by atoms with Crippen molar-refractivity contribution in [2.75, 3.05) is 19.6 Å². The average molecular weight is 457 g/mol. The number of likely N-dealkylation sites (tertiary alicyclic amines) is 1. The standard InChI is InChI=1S/C27H40N2O4/c1-7-8-14-26(5,6)19-28(23(30)32-18-21-12-10-9-11-13-21)20-27-15-16-29(22(27)17-27)24(31)33-25(2,3)4/h7,9-13,22H,1,8,14-20H2,2-6H3/t22-,27-/m1/s1. The molecule has 0 unspecified atom stereocenters. The number of piperidine rings is 1. The van der Waals surface area contributed by atoms with Crippen LogP contribution in [-0.2, 0) is 16.1 Å². The van der Waals surface area contributed by atoms with Crippen molar-refractivity contribution in [1.82, 2.24) is 9.80 Å². The normalized spacial score (nSPS) is 21.8. The first-order valence-electron chi connectivity index (χ1n) is 12.0. The lowest BCUT2D eigenvalue weighted by Gasteiger charge is -2.34. The molecule has 0 spiro atoms. The highest BCUT2D eigenvalue weighted by Gasteiger charge is 2.64. The molecule has 1 saturated heterocycles. The van der Waals surface area contributed by atoms with Gasteiger partial charge < -0.3 is 19.3 Å². The zero-order valence-corrected chi connectivity index (χ0v) is 20.9. The predicted molar refractivity (Wildman–Crippen MR) is 130 cm³/mol. The van der Waals surface area contributed by atoms with E-state index in [0.717, 1.165) is 31.2 Å². The van der Waals surface area contributed by atoms with Gasteiger partial charge >= 0.3 is 12.2 Å². The van der Waals surface area contributed by atoms with Gasteiger partial charge in [0.15, 0.2) is 0 Å². The van der Waals surface area contributed by atoms with Gasteiger partial charge in [0.2, 0.25) is 0 Å². The van der Waals surface area contributed by atoms with Crippen molar-refractivity contribution in [3.05, 3.63) is 48.6 Å². The summed E-state index contributed by atoms with van der Waals surface area (Å²) in [7, 11) is 0. The second-order valence-corrected chi connectivity index (χ2v) is 11.4. The van der Waals surface area contributed by atoms with E-state index in [0.29, 0.717) is 19.6 Å².